The van der Waals surface area contributed by atoms with Gasteiger partial charge in [-0.2, -0.15) is 0 Å². The maximum atomic E-state index is 12.7. The maximum Gasteiger partial charge on any atom is 0.286 e. The molecule has 0 aliphatic carbocycles. The third kappa shape index (κ3) is 4.61. The Morgan fingerprint density at radius 2 is 2.00 bits per heavy atom. The van der Waals surface area contributed by atoms with E-state index in [1.165, 1.54) is 24.3 Å². The second kappa shape index (κ2) is 7.44. The molecule has 0 atom stereocenters. The molecule has 0 radical (unpaired) electrons. The van der Waals surface area contributed by atoms with Gasteiger partial charge in [0.05, 0.1) is 0 Å². The lowest BCUT2D eigenvalue weighted by molar-refractivity contribution is 0.0919. The summed E-state index contributed by atoms with van der Waals surface area (Å²) in [4.78, 5) is 11.7. The first-order valence-electron chi connectivity index (χ1n) is 6.55. The summed E-state index contributed by atoms with van der Waals surface area (Å²) in [5.74, 6) is 0.526. The van der Waals surface area contributed by atoms with E-state index in [2.05, 4.69) is 5.32 Å². The van der Waals surface area contributed by atoms with Crippen molar-refractivity contribution < 1.29 is 23.4 Å². The molecule has 112 valence electrons. The van der Waals surface area contributed by atoms with Crippen molar-refractivity contribution in [2.75, 3.05) is 13.2 Å². The average Bonchev–Trinajstić information content (AvgIpc) is 2.96. The monoisotopic (exact) mass is 293 g/mol. The fraction of sp³-hybridized carbons (Fsp3) is 0.267. The Labute approximate surface area is 121 Å². The van der Waals surface area contributed by atoms with Crippen LogP contribution in [0.15, 0.2) is 40.8 Å². The van der Waals surface area contributed by atoms with Gasteiger partial charge in [0.2, 0.25) is 0 Å². The number of rotatable bonds is 7. The van der Waals surface area contributed by atoms with Gasteiger partial charge in [0.1, 0.15) is 23.9 Å². The molecule has 0 saturated heterocycles. The molecule has 6 heteroatoms. The standard InChI is InChI=1S/C15H16FNO4/c16-11-2-4-12(5-3-11)20-10-13-6-7-14(21-13)15(19)17-8-1-9-18/h2-7,18H,1,8-10H2,(H,17,19). The van der Waals surface area contributed by atoms with Crippen molar-refractivity contribution in [1.29, 1.82) is 0 Å². The Morgan fingerprint density at radius 3 is 2.71 bits per heavy atom. The minimum atomic E-state index is -0.337. The SMILES string of the molecule is O=C(NCCCO)c1ccc(COc2ccc(F)cc2)o1. The molecule has 0 bridgehead atoms. The molecule has 2 rings (SSSR count). The Morgan fingerprint density at radius 1 is 1.24 bits per heavy atom. The third-order valence-electron chi connectivity index (χ3n) is 2.70. The predicted octanol–water partition coefficient (Wildman–Crippen LogP) is 2.11. The summed E-state index contributed by atoms with van der Waals surface area (Å²) in [6, 6.07) is 8.83. The minimum absolute atomic E-state index is 0.0230. The first-order chi connectivity index (χ1) is 10.2. The summed E-state index contributed by atoms with van der Waals surface area (Å²) < 4.78 is 23.5. The zero-order valence-electron chi connectivity index (χ0n) is 11.3. The Kier molecular flexibility index (Phi) is 5.34. The number of amides is 1. The normalized spacial score (nSPS) is 10.4. The maximum absolute atomic E-state index is 12.7. The van der Waals surface area contributed by atoms with Crippen molar-refractivity contribution in [2.24, 2.45) is 0 Å². The topological polar surface area (TPSA) is 71.7 Å². The first kappa shape index (κ1) is 15.1. The number of carbonyl (C=O) groups excluding carboxylic acids is 1. The Hall–Kier alpha value is -2.34. The highest BCUT2D eigenvalue weighted by Gasteiger charge is 2.10. The van der Waals surface area contributed by atoms with Gasteiger partial charge < -0.3 is 19.6 Å². The van der Waals surface area contributed by atoms with Crippen LogP contribution >= 0.6 is 0 Å². The number of aliphatic hydroxyl groups excluding tert-OH is 1. The number of halogens is 1. The van der Waals surface area contributed by atoms with Crippen LogP contribution in [-0.2, 0) is 6.61 Å². The van der Waals surface area contributed by atoms with E-state index in [0.29, 0.717) is 24.5 Å². The molecule has 1 aromatic carbocycles. The van der Waals surface area contributed by atoms with Gasteiger partial charge in [0.15, 0.2) is 5.76 Å². The fourth-order valence-electron chi connectivity index (χ4n) is 1.63. The molecule has 2 N–H and O–H groups in total. The Balaban J connectivity index is 1.85. The van der Waals surface area contributed by atoms with Crippen molar-refractivity contribution in [3.8, 4) is 5.75 Å². The highest BCUT2D eigenvalue weighted by atomic mass is 19.1. The van der Waals surface area contributed by atoms with Crippen molar-refractivity contribution in [2.45, 2.75) is 13.0 Å². The molecule has 0 saturated carbocycles. The molecule has 0 fully saturated rings. The summed E-state index contributed by atoms with van der Waals surface area (Å²) >= 11 is 0. The predicted molar refractivity (Wildman–Crippen MR) is 73.5 cm³/mol. The molecule has 1 aromatic heterocycles. The summed E-state index contributed by atoms with van der Waals surface area (Å²) in [5.41, 5.74) is 0. The van der Waals surface area contributed by atoms with Crippen LogP contribution in [0.4, 0.5) is 4.39 Å². The van der Waals surface area contributed by atoms with Crippen LogP contribution in [0.3, 0.4) is 0 Å². The third-order valence-corrected chi connectivity index (χ3v) is 2.70. The lowest BCUT2D eigenvalue weighted by atomic mass is 10.3. The van der Waals surface area contributed by atoms with Crippen LogP contribution in [0.25, 0.3) is 0 Å². The molecule has 0 aliphatic rings. The van der Waals surface area contributed by atoms with Gasteiger partial charge >= 0.3 is 0 Å². The smallest absolute Gasteiger partial charge is 0.286 e. The molecule has 21 heavy (non-hydrogen) atoms. The van der Waals surface area contributed by atoms with Gasteiger partial charge in [-0.15, -0.1) is 0 Å². The molecule has 0 aliphatic heterocycles. The van der Waals surface area contributed by atoms with Gasteiger partial charge in [-0.1, -0.05) is 0 Å². The van der Waals surface area contributed by atoms with E-state index in [-0.39, 0.29) is 30.7 Å². The number of ether oxygens (including phenoxy) is 1. The number of furan rings is 1. The van der Waals surface area contributed by atoms with Crippen LogP contribution in [0, 0.1) is 5.82 Å². The molecule has 1 amide bonds. The lowest BCUT2D eigenvalue weighted by Gasteiger charge is -2.04. The van der Waals surface area contributed by atoms with Gasteiger partial charge in [0.25, 0.3) is 5.91 Å². The first-order valence-corrected chi connectivity index (χ1v) is 6.55. The molecule has 5 nitrogen and oxygen atoms in total. The van der Waals surface area contributed by atoms with E-state index in [1.807, 2.05) is 0 Å². The number of aliphatic hydroxyl groups is 1. The van der Waals surface area contributed by atoms with Crippen molar-refractivity contribution in [1.82, 2.24) is 5.32 Å². The Bertz CT molecular complexity index is 580. The molecular formula is C15H16FNO4. The lowest BCUT2D eigenvalue weighted by Crippen LogP contribution is -2.24. The van der Waals surface area contributed by atoms with Crippen LogP contribution in [0.2, 0.25) is 0 Å². The summed E-state index contributed by atoms with van der Waals surface area (Å²) in [5, 5.41) is 11.3. The molecule has 2 aromatic rings. The van der Waals surface area contributed by atoms with Gasteiger partial charge in [-0.3, -0.25) is 4.79 Å². The zero-order valence-corrected chi connectivity index (χ0v) is 11.3. The van der Waals surface area contributed by atoms with E-state index < -0.39 is 0 Å². The summed E-state index contributed by atoms with van der Waals surface area (Å²) in [6.45, 7) is 0.558. The second-order valence-electron chi connectivity index (χ2n) is 4.34. The molecule has 1 heterocycles. The molecular weight excluding hydrogens is 277 g/mol. The minimum Gasteiger partial charge on any atom is -0.486 e. The largest absolute Gasteiger partial charge is 0.486 e. The van der Waals surface area contributed by atoms with E-state index in [9.17, 15) is 9.18 Å². The molecule has 0 unspecified atom stereocenters. The van der Waals surface area contributed by atoms with E-state index in [4.69, 9.17) is 14.3 Å². The highest BCUT2D eigenvalue weighted by Crippen LogP contribution is 2.15. The second-order valence-corrected chi connectivity index (χ2v) is 4.34. The number of hydrogen-bond donors (Lipinski definition) is 2. The van der Waals surface area contributed by atoms with Gasteiger partial charge in [0, 0.05) is 13.2 Å². The van der Waals surface area contributed by atoms with E-state index in [1.54, 1.807) is 12.1 Å². The summed E-state index contributed by atoms with van der Waals surface area (Å²) in [7, 11) is 0. The van der Waals surface area contributed by atoms with Crippen molar-refractivity contribution in [3.05, 3.63) is 53.7 Å². The average molecular weight is 293 g/mol. The van der Waals surface area contributed by atoms with Crippen LogP contribution in [0.5, 0.6) is 5.75 Å². The van der Waals surface area contributed by atoms with Gasteiger partial charge in [-0.05, 0) is 42.8 Å². The molecule has 0 spiro atoms. The van der Waals surface area contributed by atoms with Crippen molar-refractivity contribution >= 4 is 5.91 Å². The highest BCUT2D eigenvalue weighted by molar-refractivity contribution is 5.91. The number of nitrogens with one attached hydrogen (secondary N) is 1. The van der Waals surface area contributed by atoms with Crippen LogP contribution in [-0.4, -0.2) is 24.2 Å². The summed E-state index contributed by atoms with van der Waals surface area (Å²) in [6.07, 6.45) is 0.493. The van der Waals surface area contributed by atoms with E-state index in [0.717, 1.165) is 0 Å². The van der Waals surface area contributed by atoms with E-state index >= 15 is 0 Å². The number of hydrogen-bond acceptors (Lipinski definition) is 4. The number of benzene rings is 1. The van der Waals surface area contributed by atoms with Crippen LogP contribution in [0.1, 0.15) is 22.7 Å². The van der Waals surface area contributed by atoms with Crippen molar-refractivity contribution in [3.63, 3.8) is 0 Å². The quantitative estimate of drug-likeness (QED) is 0.767. The van der Waals surface area contributed by atoms with Gasteiger partial charge in [-0.25, -0.2) is 4.39 Å². The van der Waals surface area contributed by atoms with Crippen LogP contribution < -0.4 is 10.1 Å². The number of carbonyl (C=O) groups is 1. The fourth-order valence-corrected chi connectivity index (χ4v) is 1.63. The zero-order chi connectivity index (χ0) is 15.1.